The molecule has 0 bridgehead atoms. The molecule has 1 aromatic heterocycles. The van der Waals surface area contributed by atoms with Gasteiger partial charge in [0, 0.05) is 11.1 Å². The van der Waals surface area contributed by atoms with E-state index in [0.29, 0.717) is 31.7 Å². The van der Waals surface area contributed by atoms with Gasteiger partial charge in [0.25, 0.3) is 0 Å². The number of para-hydroxylation sites is 1. The molecule has 3 rings (SSSR count). The predicted octanol–water partition coefficient (Wildman–Crippen LogP) is 4.58. The number of hydrogen-bond donors (Lipinski definition) is 0. The van der Waals surface area contributed by atoms with Crippen LogP contribution in [0.3, 0.4) is 0 Å². The minimum atomic E-state index is -0.0835. The third-order valence-corrected chi connectivity index (χ3v) is 4.08. The normalized spacial score (nSPS) is 10.9. The molecule has 0 radical (unpaired) electrons. The molecule has 1 heterocycles. The number of aromatic nitrogens is 2. The smallest absolute Gasteiger partial charge is 0.507 e. The average molecular weight is 335 g/mol. The van der Waals surface area contributed by atoms with Crippen LogP contribution in [0.15, 0.2) is 36.4 Å². The van der Waals surface area contributed by atoms with Crippen LogP contribution in [0.1, 0.15) is 11.3 Å². The molecule has 4 nitrogen and oxygen atoms in total. The first kappa shape index (κ1) is 14.9. The minimum absolute atomic E-state index is 0.0835. The zero-order chi connectivity index (χ0) is 15.9. The van der Waals surface area contributed by atoms with Gasteiger partial charge < -0.3 is 9.94 Å². The van der Waals surface area contributed by atoms with Crippen molar-refractivity contribution < 1.29 is 9.47 Å². The molecule has 0 spiro atoms. The third kappa shape index (κ3) is 2.56. The highest BCUT2D eigenvalue weighted by Crippen LogP contribution is 2.33. The van der Waals surface area contributed by atoms with Gasteiger partial charge in [0.2, 0.25) is 0 Å². The predicted molar refractivity (Wildman–Crippen MR) is 86.7 cm³/mol. The summed E-state index contributed by atoms with van der Waals surface area (Å²) in [6, 6.07) is 10.6. The molecule has 6 heteroatoms. The molecular formula is C16H12Cl2N2O2. The first-order chi connectivity index (χ1) is 10.5. The molecular weight excluding hydrogens is 323 g/mol. The molecule has 0 unspecified atom stereocenters. The lowest BCUT2D eigenvalue weighted by molar-refractivity contribution is -0.619. The van der Waals surface area contributed by atoms with E-state index in [9.17, 15) is 5.21 Å². The van der Waals surface area contributed by atoms with Crippen molar-refractivity contribution in [1.82, 2.24) is 4.98 Å². The van der Waals surface area contributed by atoms with E-state index in [1.165, 1.54) is 0 Å². The second kappa shape index (κ2) is 5.63. The van der Waals surface area contributed by atoms with Crippen molar-refractivity contribution in [3.05, 3.63) is 62.9 Å². The summed E-state index contributed by atoms with van der Waals surface area (Å²) >= 11 is 12.2. The summed E-state index contributed by atoms with van der Waals surface area (Å²) in [6.45, 7) is 3.53. The summed E-state index contributed by atoms with van der Waals surface area (Å²) in [6.07, 6.45) is 0. The first-order valence-corrected chi connectivity index (χ1v) is 7.35. The number of benzene rings is 2. The van der Waals surface area contributed by atoms with E-state index in [1.54, 1.807) is 19.1 Å². The van der Waals surface area contributed by atoms with E-state index >= 15 is 0 Å². The highest BCUT2D eigenvalue weighted by Gasteiger charge is 2.19. The maximum absolute atomic E-state index is 12.3. The zero-order valence-corrected chi connectivity index (χ0v) is 13.4. The molecule has 0 atom stereocenters. The standard InChI is InChI=1S/C16H12Cl2N2O2/c1-9-7-11(17)8-14(15(9)18)22-16-19-13-6-4-3-5-12(13)10(2)20(16)21/h3-8H,1-2H3. The molecule has 0 N–H and O–H groups in total. The van der Waals surface area contributed by atoms with Gasteiger partial charge in [0.15, 0.2) is 11.3 Å². The highest BCUT2D eigenvalue weighted by molar-refractivity contribution is 6.34. The van der Waals surface area contributed by atoms with Gasteiger partial charge in [-0.15, -0.1) is 0 Å². The monoisotopic (exact) mass is 334 g/mol. The Balaban J connectivity index is 2.14. The van der Waals surface area contributed by atoms with E-state index in [2.05, 4.69) is 4.98 Å². The van der Waals surface area contributed by atoms with Crippen LogP contribution in [0.2, 0.25) is 10.0 Å². The molecule has 22 heavy (non-hydrogen) atoms. The topological polar surface area (TPSA) is 49.1 Å². The van der Waals surface area contributed by atoms with E-state index in [0.717, 1.165) is 10.9 Å². The van der Waals surface area contributed by atoms with E-state index in [-0.39, 0.29) is 6.01 Å². The van der Waals surface area contributed by atoms with Gasteiger partial charge in [0.1, 0.15) is 5.69 Å². The van der Waals surface area contributed by atoms with E-state index in [1.807, 2.05) is 31.2 Å². The minimum Gasteiger partial charge on any atom is -0.708 e. The van der Waals surface area contributed by atoms with Gasteiger partial charge in [0.05, 0.1) is 10.4 Å². The van der Waals surface area contributed by atoms with Crippen molar-refractivity contribution in [3.8, 4) is 11.8 Å². The number of nitrogens with zero attached hydrogens (tertiary/aromatic N) is 2. The van der Waals surface area contributed by atoms with Gasteiger partial charge in [-0.2, -0.15) is 4.73 Å². The van der Waals surface area contributed by atoms with Crippen molar-refractivity contribution in [2.45, 2.75) is 13.8 Å². The fourth-order valence-electron chi connectivity index (χ4n) is 2.21. The Morgan fingerprint density at radius 3 is 2.64 bits per heavy atom. The largest absolute Gasteiger partial charge is 0.708 e. The second-order valence-corrected chi connectivity index (χ2v) is 5.74. The Hall–Kier alpha value is -2.04. The van der Waals surface area contributed by atoms with Crippen molar-refractivity contribution in [2.24, 2.45) is 0 Å². The quantitative estimate of drug-likeness (QED) is 0.509. The van der Waals surface area contributed by atoms with Crippen molar-refractivity contribution in [3.63, 3.8) is 0 Å². The Kier molecular flexibility index (Phi) is 3.81. The fourth-order valence-corrected chi connectivity index (χ4v) is 2.62. The van der Waals surface area contributed by atoms with Crippen LogP contribution in [-0.4, -0.2) is 4.98 Å². The summed E-state index contributed by atoms with van der Waals surface area (Å²) in [4.78, 5) is 4.26. The Morgan fingerprint density at radius 1 is 1.14 bits per heavy atom. The number of ether oxygens (including phenoxy) is 1. The van der Waals surface area contributed by atoms with Crippen LogP contribution >= 0.6 is 23.2 Å². The second-order valence-electron chi connectivity index (χ2n) is 4.93. The number of aryl methyl sites for hydroxylation is 2. The number of halogens is 2. The number of rotatable bonds is 2. The van der Waals surface area contributed by atoms with Crippen LogP contribution in [0.25, 0.3) is 10.9 Å². The van der Waals surface area contributed by atoms with Crippen molar-refractivity contribution in [1.29, 1.82) is 0 Å². The van der Waals surface area contributed by atoms with Crippen LogP contribution in [0.4, 0.5) is 0 Å². The summed E-state index contributed by atoms with van der Waals surface area (Å²) in [5, 5.41) is 14.0. The maximum atomic E-state index is 12.3. The van der Waals surface area contributed by atoms with E-state index < -0.39 is 0 Å². The molecule has 0 saturated carbocycles. The SMILES string of the molecule is Cc1cc(Cl)cc(Oc2nc3ccccc3c(C)[n+]2[O-])c1Cl. The molecule has 3 aromatic rings. The van der Waals surface area contributed by atoms with Crippen LogP contribution in [-0.2, 0) is 0 Å². The van der Waals surface area contributed by atoms with Crippen molar-refractivity contribution in [2.75, 3.05) is 0 Å². The summed E-state index contributed by atoms with van der Waals surface area (Å²) < 4.78 is 6.26. The third-order valence-electron chi connectivity index (χ3n) is 3.38. The fraction of sp³-hybridized carbons (Fsp3) is 0.125. The zero-order valence-electron chi connectivity index (χ0n) is 11.9. The van der Waals surface area contributed by atoms with Gasteiger partial charge in [-0.25, -0.2) is 0 Å². The molecule has 0 aliphatic carbocycles. The molecule has 0 aliphatic heterocycles. The van der Waals surface area contributed by atoms with Crippen LogP contribution in [0.5, 0.6) is 11.8 Å². The molecule has 0 amide bonds. The average Bonchev–Trinajstić information content (AvgIpc) is 2.49. The Morgan fingerprint density at radius 2 is 1.86 bits per heavy atom. The highest BCUT2D eigenvalue weighted by atomic mass is 35.5. The van der Waals surface area contributed by atoms with Crippen molar-refractivity contribution >= 4 is 34.1 Å². The lowest BCUT2D eigenvalue weighted by Gasteiger charge is -2.12. The number of fused-ring (bicyclic) bond motifs is 1. The molecule has 0 aliphatic rings. The van der Waals surface area contributed by atoms with Gasteiger partial charge in [-0.1, -0.05) is 35.3 Å². The lowest BCUT2D eigenvalue weighted by atomic mass is 10.2. The summed E-state index contributed by atoms with van der Waals surface area (Å²) in [7, 11) is 0. The Labute approximate surface area is 137 Å². The Bertz CT molecular complexity index is 882. The maximum Gasteiger partial charge on any atom is 0.507 e. The summed E-state index contributed by atoms with van der Waals surface area (Å²) in [5.74, 6) is 0.304. The van der Waals surface area contributed by atoms with Gasteiger partial charge >= 0.3 is 6.01 Å². The lowest BCUT2D eigenvalue weighted by Crippen LogP contribution is -2.33. The summed E-state index contributed by atoms with van der Waals surface area (Å²) in [5.41, 5.74) is 1.95. The molecule has 112 valence electrons. The van der Waals surface area contributed by atoms with Crippen LogP contribution in [0, 0.1) is 19.1 Å². The molecule has 0 fully saturated rings. The van der Waals surface area contributed by atoms with Gasteiger partial charge in [-0.05, 0) is 42.6 Å². The number of hydrogen-bond acceptors (Lipinski definition) is 3. The molecule has 2 aromatic carbocycles. The van der Waals surface area contributed by atoms with E-state index in [4.69, 9.17) is 27.9 Å². The molecule has 0 saturated heterocycles. The first-order valence-electron chi connectivity index (χ1n) is 6.60. The van der Waals surface area contributed by atoms with Gasteiger partial charge in [-0.3, -0.25) is 0 Å². The van der Waals surface area contributed by atoms with Crippen LogP contribution < -0.4 is 9.47 Å².